The molecule has 0 spiro atoms. The molecule has 17 nitrogen and oxygen atoms in total. The lowest BCUT2D eigenvalue weighted by Crippen LogP contribution is -2.30. The van der Waals surface area contributed by atoms with Gasteiger partial charge in [0.25, 0.3) is 0 Å². The van der Waals surface area contributed by atoms with E-state index in [1.807, 2.05) is 0 Å². The van der Waals surface area contributed by atoms with Crippen LogP contribution in [0.1, 0.15) is 408 Å². The summed E-state index contributed by atoms with van der Waals surface area (Å²) < 4.78 is 68.6. The van der Waals surface area contributed by atoms with Crippen molar-refractivity contribution in [3.8, 4) is 0 Å². The highest BCUT2D eigenvalue weighted by Crippen LogP contribution is 2.45. The molecule has 0 rings (SSSR count). The number of unbranched alkanes of at least 4 members (excludes halogenated alkanes) is 45. The Balaban J connectivity index is 5.26. The maximum Gasteiger partial charge on any atom is 0.472 e. The molecule has 0 radical (unpaired) electrons. The fourth-order valence-corrected chi connectivity index (χ4v) is 13.5. The Hall–Kier alpha value is -1.94. The van der Waals surface area contributed by atoms with Gasteiger partial charge in [-0.25, -0.2) is 9.13 Å². The second-order valence-electron chi connectivity index (χ2n) is 28.6. The molecular formula is C78H152O17P2. The molecule has 0 aliphatic heterocycles. The van der Waals surface area contributed by atoms with Gasteiger partial charge in [0.05, 0.1) is 26.4 Å². The van der Waals surface area contributed by atoms with E-state index < -0.39 is 97.5 Å². The molecule has 0 aliphatic carbocycles. The predicted molar refractivity (Wildman–Crippen MR) is 395 cm³/mol. The summed E-state index contributed by atoms with van der Waals surface area (Å²) >= 11 is 0. The van der Waals surface area contributed by atoms with Gasteiger partial charge in [-0.05, 0) is 37.5 Å². The van der Waals surface area contributed by atoms with Gasteiger partial charge in [-0.3, -0.25) is 37.3 Å². The maximum absolute atomic E-state index is 13.1. The summed E-state index contributed by atoms with van der Waals surface area (Å²) in [7, 11) is -9.92. The first-order chi connectivity index (χ1) is 46.9. The third-order valence-electron chi connectivity index (χ3n) is 18.9. The number of aliphatic hydroxyl groups is 1. The molecule has 576 valence electrons. The lowest BCUT2D eigenvalue weighted by molar-refractivity contribution is -0.161. The van der Waals surface area contributed by atoms with E-state index in [4.69, 9.17) is 37.0 Å². The lowest BCUT2D eigenvalue weighted by Gasteiger charge is -2.21. The van der Waals surface area contributed by atoms with Gasteiger partial charge in [0.2, 0.25) is 0 Å². The van der Waals surface area contributed by atoms with Crippen molar-refractivity contribution in [2.24, 2.45) is 11.8 Å². The van der Waals surface area contributed by atoms with Crippen LogP contribution in [0.25, 0.3) is 0 Å². The molecule has 97 heavy (non-hydrogen) atoms. The zero-order valence-electron chi connectivity index (χ0n) is 63.4. The third-order valence-corrected chi connectivity index (χ3v) is 20.8. The summed E-state index contributed by atoms with van der Waals surface area (Å²) in [5.41, 5.74) is 0. The van der Waals surface area contributed by atoms with Gasteiger partial charge < -0.3 is 33.8 Å². The first-order valence-electron chi connectivity index (χ1n) is 40.6. The van der Waals surface area contributed by atoms with Crippen LogP contribution in [0.2, 0.25) is 0 Å². The van der Waals surface area contributed by atoms with Crippen LogP contribution in [-0.4, -0.2) is 96.7 Å². The fourth-order valence-electron chi connectivity index (χ4n) is 11.9. The minimum atomic E-state index is -4.96. The number of rotatable bonds is 77. The first kappa shape index (κ1) is 95.1. The third kappa shape index (κ3) is 69.5. The number of phosphoric ester groups is 2. The number of ether oxygens (including phenoxy) is 4. The summed E-state index contributed by atoms with van der Waals surface area (Å²) in [4.78, 5) is 72.9. The topological polar surface area (TPSA) is 237 Å². The Kier molecular flexibility index (Phi) is 68.4. The van der Waals surface area contributed by atoms with Gasteiger partial charge in [-0.1, -0.05) is 356 Å². The zero-order chi connectivity index (χ0) is 71.4. The smallest absolute Gasteiger partial charge is 0.462 e. The largest absolute Gasteiger partial charge is 0.472 e. The van der Waals surface area contributed by atoms with Crippen LogP contribution in [0.5, 0.6) is 0 Å². The Morgan fingerprint density at radius 2 is 0.495 bits per heavy atom. The van der Waals surface area contributed by atoms with Gasteiger partial charge in [0, 0.05) is 25.7 Å². The molecule has 0 aromatic carbocycles. The summed E-state index contributed by atoms with van der Waals surface area (Å²) in [5, 5.41) is 10.6. The van der Waals surface area contributed by atoms with Crippen molar-refractivity contribution < 1.29 is 80.2 Å². The molecule has 0 aliphatic rings. The molecule has 19 heteroatoms. The average Bonchev–Trinajstić information content (AvgIpc) is 1.40. The van der Waals surface area contributed by atoms with Crippen LogP contribution in [0.4, 0.5) is 0 Å². The van der Waals surface area contributed by atoms with E-state index in [9.17, 15) is 43.2 Å². The van der Waals surface area contributed by atoms with Crippen molar-refractivity contribution in [3.63, 3.8) is 0 Å². The molecule has 0 fully saturated rings. The van der Waals surface area contributed by atoms with Crippen molar-refractivity contribution in [1.82, 2.24) is 0 Å². The van der Waals surface area contributed by atoms with Crippen molar-refractivity contribution >= 4 is 39.5 Å². The molecule has 0 bridgehead atoms. The number of hydrogen-bond donors (Lipinski definition) is 3. The van der Waals surface area contributed by atoms with E-state index >= 15 is 0 Å². The fraction of sp³-hybridized carbons (Fsp3) is 0.949. The second kappa shape index (κ2) is 69.8. The van der Waals surface area contributed by atoms with Crippen molar-refractivity contribution in [2.75, 3.05) is 39.6 Å². The Bertz CT molecular complexity index is 1880. The van der Waals surface area contributed by atoms with Crippen molar-refractivity contribution in [2.45, 2.75) is 426 Å². The van der Waals surface area contributed by atoms with E-state index in [1.165, 1.54) is 225 Å². The van der Waals surface area contributed by atoms with E-state index in [0.29, 0.717) is 25.7 Å². The van der Waals surface area contributed by atoms with E-state index in [2.05, 4.69) is 41.5 Å². The number of phosphoric acid groups is 2. The molecule has 3 N–H and O–H groups in total. The Morgan fingerprint density at radius 3 is 0.732 bits per heavy atom. The van der Waals surface area contributed by atoms with Gasteiger partial charge in [0.1, 0.15) is 19.3 Å². The molecule has 0 aromatic rings. The standard InChI is InChI=1S/C78H152O17P2/c1-7-11-13-15-17-19-21-23-24-25-26-27-29-31-37-45-51-57-63-78(83)94-73(66-88-75(80)60-54-48-42-35-33-32-34-40-46-52-58-70(5)9-3)68-92-96(84,85)90-64-72(79)65-91-97(86,87)93-69-74(67-89-76(81)61-55-49-43-39-38-41-47-53-59-71(6)10-4)95-77(82)62-56-50-44-36-30-28-22-20-18-16-14-12-8-2/h70-74,79H,7-69H2,1-6H3,(H,84,85)(H,86,87)/t70?,71?,72-,73-,74-/m1/s1. The van der Waals surface area contributed by atoms with Crippen LogP contribution >= 0.6 is 15.6 Å². The van der Waals surface area contributed by atoms with Crippen molar-refractivity contribution in [1.29, 1.82) is 0 Å². The molecule has 4 unspecified atom stereocenters. The van der Waals surface area contributed by atoms with Crippen LogP contribution in [-0.2, 0) is 65.4 Å². The lowest BCUT2D eigenvalue weighted by atomic mass is 9.99. The predicted octanol–water partition coefficient (Wildman–Crippen LogP) is 23.1. The molecule has 0 saturated carbocycles. The second-order valence-corrected chi connectivity index (χ2v) is 31.5. The van der Waals surface area contributed by atoms with Crippen LogP contribution in [0, 0.1) is 11.8 Å². The molecule has 0 aromatic heterocycles. The number of esters is 4. The number of carbonyl (C=O) groups is 4. The normalized spacial score (nSPS) is 14.5. The monoisotopic (exact) mass is 1420 g/mol. The number of aliphatic hydroxyl groups excluding tert-OH is 1. The Morgan fingerprint density at radius 1 is 0.289 bits per heavy atom. The molecule has 0 saturated heterocycles. The minimum absolute atomic E-state index is 0.107. The van der Waals surface area contributed by atoms with E-state index in [-0.39, 0.29) is 25.7 Å². The van der Waals surface area contributed by atoms with Gasteiger partial charge in [-0.2, -0.15) is 0 Å². The van der Waals surface area contributed by atoms with Crippen LogP contribution in [0.15, 0.2) is 0 Å². The highest BCUT2D eigenvalue weighted by Gasteiger charge is 2.30. The summed E-state index contributed by atoms with van der Waals surface area (Å²) in [6, 6.07) is 0. The Labute approximate surface area is 594 Å². The van der Waals surface area contributed by atoms with E-state index in [0.717, 1.165) is 102 Å². The van der Waals surface area contributed by atoms with Crippen molar-refractivity contribution in [3.05, 3.63) is 0 Å². The van der Waals surface area contributed by atoms with Gasteiger partial charge in [0.15, 0.2) is 12.2 Å². The number of hydrogen-bond acceptors (Lipinski definition) is 15. The maximum atomic E-state index is 13.1. The molecule has 7 atom stereocenters. The summed E-state index contributed by atoms with van der Waals surface area (Å²) in [6.45, 7) is 9.65. The quantitative estimate of drug-likeness (QED) is 0.0222. The van der Waals surface area contributed by atoms with Crippen LogP contribution in [0.3, 0.4) is 0 Å². The zero-order valence-corrected chi connectivity index (χ0v) is 65.2. The highest BCUT2D eigenvalue weighted by atomic mass is 31.2. The van der Waals surface area contributed by atoms with Gasteiger partial charge in [-0.15, -0.1) is 0 Å². The highest BCUT2D eigenvalue weighted by molar-refractivity contribution is 7.47. The summed E-state index contributed by atoms with van der Waals surface area (Å²) in [5.74, 6) is -0.524. The SMILES string of the molecule is CCCCCCCCCCCCCCCCCCCCC(=O)O[C@H](COC(=O)CCCCCCCCCCCCC(C)CC)COP(=O)(O)OC[C@@H](O)COP(=O)(O)OC[C@@H](COC(=O)CCCCCCCCCCC(C)CC)OC(=O)CCCCCCCCCCCCCCC. The molecule has 0 amide bonds. The first-order valence-corrected chi connectivity index (χ1v) is 43.6. The van der Waals surface area contributed by atoms with Crippen LogP contribution < -0.4 is 0 Å². The molecule has 0 heterocycles. The minimum Gasteiger partial charge on any atom is -0.462 e. The average molecular weight is 1420 g/mol. The summed E-state index contributed by atoms with van der Waals surface area (Å²) in [6.07, 6.45) is 58.0. The van der Waals surface area contributed by atoms with Gasteiger partial charge >= 0.3 is 39.5 Å². The number of carbonyl (C=O) groups excluding carboxylic acids is 4. The molecular weight excluding hydrogens is 1270 g/mol. The van der Waals surface area contributed by atoms with E-state index in [1.54, 1.807) is 0 Å².